The van der Waals surface area contributed by atoms with Crippen LogP contribution in [-0.2, 0) is 17.6 Å². The summed E-state index contributed by atoms with van der Waals surface area (Å²) in [5, 5.41) is 20.3. The number of ether oxygens (including phenoxy) is 2. The maximum absolute atomic E-state index is 10.4. The smallest absolute Gasteiger partial charge is 0.161 e. The van der Waals surface area contributed by atoms with Crippen LogP contribution in [0.2, 0.25) is 0 Å². The first-order valence-electron chi connectivity index (χ1n) is 10.8. The molecule has 0 spiro atoms. The highest BCUT2D eigenvalue weighted by Crippen LogP contribution is 2.42. The molecule has 2 atom stereocenters. The quantitative estimate of drug-likeness (QED) is 0.632. The summed E-state index contributed by atoms with van der Waals surface area (Å²) in [4.78, 5) is 2.52. The molecule has 162 valence electrons. The summed E-state index contributed by atoms with van der Waals surface area (Å²) in [5.74, 6) is 1.24. The highest BCUT2D eigenvalue weighted by molar-refractivity contribution is 5.51. The average molecular weight is 413 g/mol. The van der Waals surface area contributed by atoms with Gasteiger partial charge in [-0.2, -0.15) is 0 Å². The van der Waals surface area contributed by atoms with E-state index in [0.717, 1.165) is 55.8 Å². The number of aromatic hydroxyl groups is 2. The van der Waals surface area contributed by atoms with Crippen LogP contribution in [0.15, 0.2) is 36.4 Å². The molecule has 2 aliphatic rings. The second-order valence-corrected chi connectivity index (χ2v) is 8.38. The van der Waals surface area contributed by atoms with E-state index >= 15 is 0 Å². The van der Waals surface area contributed by atoms with E-state index in [2.05, 4.69) is 17.0 Å². The maximum atomic E-state index is 10.4. The summed E-state index contributed by atoms with van der Waals surface area (Å²) in [5.41, 5.74) is 8.97. The summed E-state index contributed by atoms with van der Waals surface area (Å²) in [6, 6.07) is 11.6. The first kappa shape index (κ1) is 21.0. The minimum absolute atomic E-state index is 0.0174. The maximum Gasteiger partial charge on any atom is 0.161 e. The molecule has 6 nitrogen and oxygen atoms in total. The van der Waals surface area contributed by atoms with Crippen LogP contribution in [0, 0.1) is 5.92 Å². The molecule has 2 aliphatic heterocycles. The third-order valence-electron chi connectivity index (χ3n) is 6.64. The Morgan fingerprint density at radius 3 is 2.50 bits per heavy atom. The SMILES string of the molecule is COc1ccc(CCN2CCC([C@H]3Cc4c(ccc(O)c4O)[C@@H](CN)O3)CC2)cc1. The van der Waals surface area contributed by atoms with Gasteiger partial charge < -0.3 is 30.3 Å². The van der Waals surface area contributed by atoms with Gasteiger partial charge in [0.2, 0.25) is 0 Å². The van der Waals surface area contributed by atoms with Crippen molar-refractivity contribution in [2.45, 2.75) is 37.9 Å². The predicted molar refractivity (Wildman–Crippen MR) is 116 cm³/mol. The number of fused-ring (bicyclic) bond motifs is 1. The summed E-state index contributed by atoms with van der Waals surface area (Å²) >= 11 is 0. The lowest BCUT2D eigenvalue weighted by Crippen LogP contribution is -2.42. The van der Waals surface area contributed by atoms with Gasteiger partial charge in [-0.1, -0.05) is 18.2 Å². The normalized spacial score (nSPS) is 22.6. The van der Waals surface area contributed by atoms with Crippen LogP contribution in [-0.4, -0.2) is 54.5 Å². The van der Waals surface area contributed by atoms with Gasteiger partial charge in [-0.25, -0.2) is 0 Å². The van der Waals surface area contributed by atoms with E-state index < -0.39 is 0 Å². The molecule has 1 saturated heterocycles. The first-order chi connectivity index (χ1) is 14.6. The van der Waals surface area contributed by atoms with Gasteiger partial charge in [-0.3, -0.25) is 0 Å². The van der Waals surface area contributed by atoms with Gasteiger partial charge >= 0.3 is 0 Å². The Morgan fingerprint density at radius 2 is 1.83 bits per heavy atom. The zero-order valence-electron chi connectivity index (χ0n) is 17.6. The Morgan fingerprint density at radius 1 is 1.10 bits per heavy atom. The number of rotatable bonds is 6. The number of benzene rings is 2. The van der Waals surface area contributed by atoms with Crippen molar-refractivity contribution in [3.05, 3.63) is 53.1 Å². The molecule has 0 amide bonds. The summed E-state index contributed by atoms with van der Waals surface area (Å²) in [6.45, 7) is 3.52. The van der Waals surface area contributed by atoms with Crippen LogP contribution in [0.1, 0.15) is 35.6 Å². The van der Waals surface area contributed by atoms with E-state index in [-0.39, 0.29) is 23.7 Å². The molecule has 0 aromatic heterocycles. The van der Waals surface area contributed by atoms with Gasteiger partial charge in [0.25, 0.3) is 0 Å². The van der Waals surface area contributed by atoms with Gasteiger partial charge in [0, 0.05) is 25.1 Å². The molecule has 2 heterocycles. The number of hydrogen-bond acceptors (Lipinski definition) is 6. The van der Waals surface area contributed by atoms with Gasteiger partial charge in [0.1, 0.15) is 5.75 Å². The summed E-state index contributed by atoms with van der Waals surface area (Å²) in [6.07, 6.45) is 3.60. The van der Waals surface area contributed by atoms with Crippen molar-refractivity contribution in [2.24, 2.45) is 11.7 Å². The van der Waals surface area contributed by atoms with Crippen molar-refractivity contribution in [3.8, 4) is 17.2 Å². The number of phenols is 2. The van der Waals surface area contributed by atoms with Crippen molar-refractivity contribution in [1.82, 2.24) is 4.90 Å². The van der Waals surface area contributed by atoms with Crippen LogP contribution in [0.5, 0.6) is 17.2 Å². The van der Waals surface area contributed by atoms with E-state index in [9.17, 15) is 10.2 Å². The number of hydrogen-bond donors (Lipinski definition) is 3. The largest absolute Gasteiger partial charge is 0.504 e. The molecule has 0 aliphatic carbocycles. The molecule has 30 heavy (non-hydrogen) atoms. The molecule has 4 rings (SSSR count). The average Bonchev–Trinajstić information content (AvgIpc) is 2.80. The topological polar surface area (TPSA) is 88.2 Å². The number of phenolic OH excluding ortho intramolecular Hbond substituents is 2. The van der Waals surface area contributed by atoms with Crippen LogP contribution >= 0.6 is 0 Å². The fraction of sp³-hybridized carbons (Fsp3) is 0.500. The van der Waals surface area contributed by atoms with E-state index in [0.29, 0.717) is 18.9 Å². The number of nitrogens with zero attached hydrogens (tertiary/aromatic N) is 1. The molecular formula is C24H32N2O4. The molecule has 2 aromatic carbocycles. The van der Waals surface area contributed by atoms with Gasteiger partial charge in [0.05, 0.1) is 19.3 Å². The fourth-order valence-electron chi connectivity index (χ4n) is 4.78. The lowest BCUT2D eigenvalue weighted by atomic mass is 9.83. The van der Waals surface area contributed by atoms with Crippen LogP contribution in [0.25, 0.3) is 0 Å². The van der Waals surface area contributed by atoms with Crippen molar-refractivity contribution in [1.29, 1.82) is 0 Å². The van der Waals surface area contributed by atoms with Crippen molar-refractivity contribution < 1.29 is 19.7 Å². The summed E-state index contributed by atoms with van der Waals surface area (Å²) < 4.78 is 11.6. The fourth-order valence-corrected chi connectivity index (χ4v) is 4.78. The molecule has 0 saturated carbocycles. The number of likely N-dealkylation sites (tertiary alicyclic amines) is 1. The molecule has 0 bridgehead atoms. The van der Waals surface area contributed by atoms with Crippen molar-refractivity contribution in [3.63, 3.8) is 0 Å². The van der Waals surface area contributed by atoms with Gasteiger partial charge in [-0.15, -0.1) is 0 Å². The monoisotopic (exact) mass is 412 g/mol. The van der Waals surface area contributed by atoms with Gasteiger partial charge in [0.15, 0.2) is 11.5 Å². The number of methoxy groups -OCH3 is 1. The van der Waals surface area contributed by atoms with E-state index in [1.165, 1.54) is 11.6 Å². The Labute approximate surface area is 178 Å². The number of nitrogens with two attached hydrogens (primary N) is 1. The molecule has 1 fully saturated rings. The van der Waals surface area contributed by atoms with Crippen LogP contribution in [0.4, 0.5) is 0 Å². The minimum Gasteiger partial charge on any atom is -0.504 e. The lowest BCUT2D eigenvalue weighted by molar-refractivity contribution is -0.0646. The molecule has 0 radical (unpaired) electrons. The second-order valence-electron chi connectivity index (χ2n) is 8.38. The summed E-state index contributed by atoms with van der Waals surface area (Å²) in [7, 11) is 1.69. The predicted octanol–water partition coefficient (Wildman–Crippen LogP) is 3.00. The molecule has 6 heteroatoms. The Balaban J connectivity index is 1.33. The zero-order valence-corrected chi connectivity index (χ0v) is 17.6. The van der Waals surface area contributed by atoms with Gasteiger partial charge in [-0.05, 0) is 67.6 Å². The minimum atomic E-state index is -0.224. The highest BCUT2D eigenvalue weighted by Gasteiger charge is 2.35. The van der Waals surface area contributed by atoms with E-state index in [1.54, 1.807) is 7.11 Å². The lowest BCUT2D eigenvalue weighted by Gasteiger charge is -2.40. The van der Waals surface area contributed by atoms with E-state index in [1.807, 2.05) is 18.2 Å². The number of piperidine rings is 1. The van der Waals surface area contributed by atoms with Crippen LogP contribution < -0.4 is 10.5 Å². The standard InChI is InChI=1S/C24H32N2O4/c1-29-18-4-2-16(3-5-18)8-11-26-12-9-17(10-13-26)22-14-20-19(23(15-25)30-22)6-7-21(27)24(20)28/h2-7,17,22-23,27-28H,8-15,25H2,1H3/t22-,23-/m1/s1. The first-order valence-corrected chi connectivity index (χ1v) is 10.8. The molecule has 0 unspecified atom stereocenters. The Kier molecular flexibility index (Phi) is 6.46. The highest BCUT2D eigenvalue weighted by atomic mass is 16.5. The zero-order chi connectivity index (χ0) is 21.1. The third-order valence-corrected chi connectivity index (χ3v) is 6.64. The van der Waals surface area contributed by atoms with Crippen LogP contribution in [0.3, 0.4) is 0 Å². The van der Waals surface area contributed by atoms with E-state index in [4.69, 9.17) is 15.2 Å². The third kappa shape index (κ3) is 4.41. The molecule has 2 aromatic rings. The molecule has 4 N–H and O–H groups in total. The Bertz CT molecular complexity index is 847. The second kappa shape index (κ2) is 9.25. The van der Waals surface area contributed by atoms with Crippen molar-refractivity contribution in [2.75, 3.05) is 33.3 Å². The Hall–Kier alpha value is -2.28. The molecular weight excluding hydrogens is 380 g/mol. The van der Waals surface area contributed by atoms with Crippen molar-refractivity contribution >= 4 is 0 Å².